The third-order valence-electron chi connectivity index (χ3n) is 1.91. The number of imidazole rings is 1. The van der Waals surface area contributed by atoms with Crippen molar-refractivity contribution in [3.05, 3.63) is 30.4 Å². The Morgan fingerprint density at radius 2 is 2.21 bits per heavy atom. The number of aromatic amines is 1. The Kier molecular flexibility index (Phi) is 2.16. The number of aliphatic hydroxyl groups is 1. The lowest BCUT2D eigenvalue weighted by atomic mass is 10.1. The zero-order chi connectivity index (χ0) is 9.97. The Morgan fingerprint density at radius 3 is 2.86 bits per heavy atom. The van der Waals surface area contributed by atoms with E-state index >= 15 is 0 Å². The van der Waals surface area contributed by atoms with E-state index in [1.165, 1.54) is 12.4 Å². The molecule has 2 aromatic rings. The number of hydrogen-bond acceptors (Lipinski definition) is 4. The van der Waals surface area contributed by atoms with Crippen LogP contribution in [0.2, 0.25) is 0 Å². The summed E-state index contributed by atoms with van der Waals surface area (Å²) in [5, 5.41) is 18.6. The summed E-state index contributed by atoms with van der Waals surface area (Å²) in [6.45, 7) is -0.183. The third-order valence-corrected chi connectivity index (χ3v) is 1.91. The van der Waals surface area contributed by atoms with Gasteiger partial charge in [0.15, 0.2) is 0 Å². The molecule has 3 N–H and O–H groups in total. The predicted octanol–water partition coefficient (Wildman–Crippen LogP) is 0.670. The number of aliphatic hydroxyl groups excluding tert-OH is 1. The van der Waals surface area contributed by atoms with Gasteiger partial charge in [-0.2, -0.15) is 0 Å². The molecule has 0 saturated heterocycles. The summed E-state index contributed by atoms with van der Waals surface area (Å²) in [5.74, 6) is 0.528. The molecule has 0 aromatic carbocycles. The lowest BCUT2D eigenvalue weighted by Crippen LogP contribution is -1.93. The minimum Gasteiger partial charge on any atom is -0.506 e. The van der Waals surface area contributed by atoms with Crippen LogP contribution in [0, 0.1) is 0 Å². The van der Waals surface area contributed by atoms with Crippen LogP contribution in [0.15, 0.2) is 24.8 Å². The molecule has 2 aromatic heterocycles. The quantitative estimate of drug-likeness (QED) is 0.651. The largest absolute Gasteiger partial charge is 0.506 e. The van der Waals surface area contributed by atoms with Crippen LogP contribution < -0.4 is 0 Å². The maximum atomic E-state index is 9.56. The van der Waals surface area contributed by atoms with Crippen molar-refractivity contribution in [2.75, 3.05) is 0 Å². The molecule has 0 amide bonds. The number of aromatic nitrogens is 3. The molecular weight excluding hydrogens is 182 g/mol. The number of rotatable bonds is 2. The van der Waals surface area contributed by atoms with Gasteiger partial charge >= 0.3 is 0 Å². The van der Waals surface area contributed by atoms with Crippen LogP contribution in [0.3, 0.4) is 0 Å². The fourth-order valence-corrected chi connectivity index (χ4v) is 1.29. The van der Waals surface area contributed by atoms with Gasteiger partial charge in [-0.1, -0.05) is 0 Å². The van der Waals surface area contributed by atoms with Crippen molar-refractivity contribution in [3.8, 4) is 17.1 Å². The molecule has 0 aliphatic heterocycles. The van der Waals surface area contributed by atoms with E-state index < -0.39 is 0 Å². The van der Waals surface area contributed by atoms with Crippen LogP contribution in [-0.4, -0.2) is 25.2 Å². The molecule has 0 bridgehead atoms. The molecule has 2 heterocycles. The van der Waals surface area contributed by atoms with Crippen molar-refractivity contribution in [2.45, 2.75) is 6.61 Å². The van der Waals surface area contributed by atoms with Gasteiger partial charge in [0, 0.05) is 24.2 Å². The smallest absolute Gasteiger partial charge is 0.145 e. The van der Waals surface area contributed by atoms with E-state index in [-0.39, 0.29) is 12.4 Å². The highest BCUT2D eigenvalue weighted by Gasteiger charge is 2.11. The first-order chi connectivity index (χ1) is 6.83. The highest BCUT2D eigenvalue weighted by Crippen LogP contribution is 2.28. The van der Waals surface area contributed by atoms with E-state index in [0.717, 1.165) is 0 Å². The van der Waals surface area contributed by atoms with Gasteiger partial charge in [0.2, 0.25) is 0 Å². The van der Waals surface area contributed by atoms with Crippen molar-refractivity contribution in [2.24, 2.45) is 0 Å². The van der Waals surface area contributed by atoms with E-state index in [1.54, 1.807) is 12.4 Å². The first-order valence-corrected chi connectivity index (χ1v) is 4.09. The normalized spacial score (nSPS) is 10.4. The van der Waals surface area contributed by atoms with Crippen LogP contribution in [0.1, 0.15) is 5.56 Å². The Bertz CT molecular complexity index is 426. The lowest BCUT2D eigenvalue weighted by Gasteiger charge is -2.05. The number of nitrogens with zero attached hydrogens (tertiary/aromatic N) is 2. The Labute approximate surface area is 80.1 Å². The van der Waals surface area contributed by atoms with E-state index in [9.17, 15) is 5.11 Å². The van der Waals surface area contributed by atoms with Crippen molar-refractivity contribution in [3.63, 3.8) is 0 Å². The zero-order valence-corrected chi connectivity index (χ0v) is 7.31. The first-order valence-electron chi connectivity index (χ1n) is 4.09. The number of H-pyrrole nitrogens is 1. The average molecular weight is 191 g/mol. The number of aromatic hydroxyl groups is 1. The minimum absolute atomic E-state index is 0.00602. The Morgan fingerprint density at radius 1 is 1.36 bits per heavy atom. The predicted molar refractivity (Wildman–Crippen MR) is 49.4 cm³/mol. The molecule has 0 spiro atoms. The highest BCUT2D eigenvalue weighted by atomic mass is 16.3. The topological polar surface area (TPSA) is 82.0 Å². The molecule has 5 heteroatoms. The Balaban J connectivity index is 2.61. The standard InChI is InChI=1S/C9H9N3O2/c13-5-6-3-10-4-7(14)8(6)9-11-1-2-12-9/h1-4,13-14H,5H2,(H,11,12). The summed E-state index contributed by atoms with van der Waals surface area (Å²) >= 11 is 0. The lowest BCUT2D eigenvalue weighted by molar-refractivity contribution is 0.281. The first kappa shape index (κ1) is 8.71. The minimum atomic E-state index is -0.183. The van der Waals surface area contributed by atoms with Gasteiger partial charge in [-0.25, -0.2) is 4.98 Å². The second-order valence-electron chi connectivity index (χ2n) is 2.79. The van der Waals surface area contributed by atoms with Crippen molar-refractivity contribution in [1.82, 2.24) is 15.0 Å². The number of hydrogen-bond donors (Lipinski definition) is 3. The van der Waals surface area contributed by atoms with E-state index in [1.807, 2.05) is 0 Å². The summed E-state index contributed by atoms with van der Waals surface area (Å²) in [7, 11) is 0. The fourth-order valence-electron chi connectivity index (χ4n) is 1.29. The molecule has 5 nitrogen and oxygen atoms in total. The van der Waals surface area contributed by atoms with Crippen LogP contribution in [0.25, 0.3) is 11.4 Å². The second-order valence-corrected chi connectivity index (χ2v) is 2.79. The summed E-state index contributed by atoms with van der Waals surface area (Å²) in [6.07, 6.45) is 6.04. The van der Waals surface area contributed by atoms with Crippen molar-refractivity contribution in [1.29, 1.82) is 0 Å². The molecule has 72 valence electrons. The van der Waals surface area contributed by atoms with Crippen LogP contribution in [0.5, 0.6) is 5.75 Å². The van der Waals surface area contributed by atoms with Gasteiger partial charge in [0.1, 0.15) is 11.6 Å². The van der Waals surface area contributed by atoms with Gasteiger partial charge in [0.25, 0.3) is 0 Å². The number of nitrogens with one attached hydrogen (secondary N) is 1. The maximum absolute atomic E-state index is 9.56. The molecule has 0 radical (unpaired) electrons. The zero-order valence-electron chi connectivity index (χ0n) is 7.31. The van der Waals surface area contributed by atoms with Crippen molar-refractivity contribution >= 4 is 0 Å². The molecule has 2 rings (SSSR count). The van der Waals surface area contributed by atoms with E-state index in [2.05, 4.69) is 15.0 Å². The second kappa shape index (κ2) is 3.47. The van der Waals surface area contributed by atoms with Crippen LogP contribution >= 0.6 is 0 Å². The molecule has 0 unspecified atom stereocenters. The summed E-state index contributed by atoms with van der Waals surface area (Å²) in [6, 6.07) is 0. The van der Waals surface area contributed by atoms with Gasteiger partial charge in [-0.3, -0.25) is 4.98 Å². The molecule has 0 saturated carbocycles. The molecular formula is C9H9N3O2. The highest BCUT2D eigenvalue weighted by molar-refractivity contribution is 5.66. The molecule has 0 fully saturated rings. The average Bonchev–Trinajstić information content (AvgIpc) is 2.70. The fraction of sp³-hybridized carbons (Fsp3) is 0.111. The molecule has 14 heavy (non-hydrogen) atoms. The summed E-state index contributed by atoms with van der Waals surface area (Å²) in [4.78, 5) is 10.6. The SMILES string of the molecule is OCc1cncc(O)c1-c1ncc[nH]1. The van der Waals surface area contributed by atoms with E-state index in [4.69, 9.17) is 5.11 Å². The van der Waals surface area contributed by atoms with Gasteiger partial charge in [-0.05, 0) is 0 Å². The molecule has 0 atom stereocenters. The van der Waals surface area contributed by atoms with Gasteiger partial charge in [-0.15, -0.1) is 0 Å². The van der Waals surface area contributed by atoms with Gasteiger partial charge in [0.05, 0.1) is 18.4 Å². The maximum Gasteiger partial charge on any atom is 0.145 e. The monoisotopic (exact) mass is 191 g/mol. The number of pyridine rings is 1. The Hall–Kier alpha value is -1.88. The third kappa shape index (κ3) is 1.33. The van der Waals surface area contributed by atoms with E-state index in [0.29, 0.717) is 17.0 Å². The van der Waals surface area contributed by atoms with Gasteiger partial charge < -0.3 is 15.2 Å². The summed E-state index contributed by atoms with van der Waals surface area (Å²) in [5.41, 5.74) is 1.03. The summed E-state index contributed by atoms with van der Waals surface area (Å²) < 4.78 is 0. The molecule has 0 aliphatic rings. The van der Waals surface area contributed by atoms with Crippen LogP contribution in [0.4, 0.5) is 0 Å². The molecule has 0 aliphatic carbocycles. The van der Waals surface area contributed by atoms with Crippen molar-refractivity contribution < 1.29 is 10.2 Å². The van der Waals surface area contributed by atoms with Crippen LogP contribution in [-0.2, 0) is 6.61 Å².